The zero-order valence-corrected chi connectivity index (χ0v) is 11.9. The van der Waals surface area contributed by atoms with Crippen LogP contribution >= 0.6 is 0 Å². The van der Waals surface area contributed by atoms with E-state index in [4.69, 9.17) is 5.11 Å². The second-order valence-electron chi connectivity index (χ2n) is 5.69. The number of carbonyl (C=O) groups is 2. The fourth-order valence-electron chi connectivity index (χ4n) is 2.58. The van der Waals surface area contributed by atoms with Crippen LogP contribution in [0.15, 0.2) is 12.4 Å². The molecule has 1 saturated carbocycles. The van der Waals surface area contributed by atoms with Crippen molar-refractivity contribution < 1.29 is 14.7 Å². The van der Waals surface area contributed by atoms with Crippen LogP contribution in [0.1, 0.15) is 45.6 Å². The van der Waals surface area contributed by atoms with Gasteiger partial charge in [0, 0.05) is 18.2 Å². The number of aliphatic carboxylic acids is 1. The highest BCUT2D eigenvalue weighted by Crippen LogP contribution is 2.30. The van der Waals surface area contributed by atoms with Crippen molar-refractivity contribution >= 4 is 17.6 Å². The Hall–Kier alpha value is -1.85. The first-order chi connectivity index (χ1) is 9.47. The van der Waals surface area contributed by atoms with Gasteiger partial charge in [-0.2, -0.15) is 5.10 Å². The van der Waals surface area contributed by atoms with Crippen LogP contribution in [0.25, 0.3) is 0 Å². The lowest BCUT2D eigenvalue weighted by Gasteiger charge is -2.25. The molecule has 1 fully saturated rings. The summed E-state index contributed by atoms with van der Waals surface area (Å²) in [6.07, 6.45) is 6.06. The molecule has 2 rings (SSSR count). The number of carboxylic acids is 1. The Kier molecular flexibility index (Phi) is 4.42. The Bertz CT molecular complexity index is 496. The second kappa shape index (κ2) is 6.07. The van der Waals surface area contributed by atoms with Crippen molar-refractivity contribution in [2.45, 2.75) is 45.6 Å². The van der Waals surface area contributed by atoms with Gasteiger partial charge in [-0.3, -0.25) is 14.3 Å². The van der Waals surface area contributed by atoms with Crippen LogP contribution in [0.5, 0.6) is 0 Å². The van der Waals surface area contributed by atoms with Gasteiger partial charge in [0.2, 0.25) is 5.91 Å². The highest BCUT2D eigenvalue weighted by atomic mass is 16.4. The SMILES string of the molecule is CC(C)n1cc(NC(=O)C2CCCC(C(=O)O)C2)cn1. The molecular formula is C14H21N3O3. The molecule has 1 amide bonds. The van der Waals surface area contributed by atoms with Gasteiger partial charge in [0.25, 0.3) is 0 Å². The molecule has 6 heteroatoms. The molecule has 0 bridgehead atoms. The Morgan fingerprint density at radius 2 is 2.10 bits per heavy atom. The van der Waals surface area contributed by atoms with Crippen molar-refractivity contribution in [2.24, 2.45) is 11.8 Å². The first kappa shape index (κ1) is 14.6. The molecule has 1 aromatic heterocycles. The molecular weight excluding hydrogens is 258 g/mol. The monoisotopic (exact) mass is 279 g/mol. The third-order valence-electron chi connectivity index (χ3n) is 3.79. The number of hydrogen-bond acceptors (Lipinski definition) is 3. The van der Waals surface area contributed by atoms with Crippen LogP contribution in [-0.2, 0) is 9.59 Å². The van der Waals surface area contributed by atoms with Gasteiger partial charge in [-0.05, 0) is 33.1 Å². The van der Waals surface area contributed by atoms with Crippen LogP contribution in [0.3, 0.4) is 0 Å². The molecule has 0 saturated heterocycles. The van der Waals surface area contributed by atoms with Crippen molar-refractivity contribution in [2.75, 3.05) is 5.32 Å². The van der Waals surface area contributed by atoms with Crippen molar-refractivity contribution in [1.82, 2.24) is 9.78 Å². The molecule has 0 aliphatic heterocycles. The third-order valence-corrected chi connectivity index (χ3v) is 3.79. The zero-order chi connectivity index (χ0) is 14.7. The normalized spacial score (nSPS) is 22.8. The molecule has 6 nitrogen and oxygen atoms in total. The smallest absolute Gasteiger partial charge is 0.306 e. The summed E-state index contributed by atoms with van der Waals surface area (Å²) in [6, 6.07) is 0.242. The van der Waals surface area contributed by atoms with Gasteiger partial charge in [-0.15, -0.1) is 0 Å². The van der Waals surface area contributed by atoms with Gasteiger partial charge in [0.15, 0.2) is 0 Å². The summed E-state index contributed by atoms with van der Waals surface area (Å²) in [5.41, 5.74) is 0.668. The summed E-state index contributed by atoms with van der Waals surface area (Å²) in [5.74, 6) is -1.50. The maximum atomic E-state index is 12.2. The lowest BCUT2D eigenvalue weighted by molar-refractivity contribution is -0.143. The third kappa shape index (κ3) is 3.37. The number of nitrogens with zero attached hydrogens (tertiary/aromatic N) is 2. The minimum absolute atomic E-state index is 0.0979. The van der Waals surface area contributed by atoms with E-state index in [-0.39, 0.29) is 17.9 Å². The van der Waals surface area contributed by atoms with E-state index in [1.165, 1.54) is 0 Å². The average molecular weight is 279 g/mol. The van der Waals surface area contributed by atoms with E-state index < -0.39 is 11.9 Å². The van der Waals surface area contributed by atoms with Crippen LogP contribution in [-0.4, -0.2) is 26.8 Å². The Labute approximate surface area is 118 Å². The maximum absolute atomic E-state index is 12.2. The molecule has 110 valence electrons. The quantitative estimate of drug-likeness (QED) is 0.885. The number of rotatable bonds is 4. The molecule has 1 heterocycles. The van der Waals surface area contributed by atoms with Gasteiger partial charge >= 0.3 is 5.97 Å². The minimum Gasteiger partial charge on any atom is -0.481 e. The number of anilines is 1. The van der Waals surface area contributed by atoms with Gasteiger partial charge in [0.1, 0.15) is 0 Å². The molecule has 0 radical (unpaired) electrons. The number of carbonyl (C=O) groups excluding carboxylic acids is 1. The summed E-state index contributed by atoms with van der Waals surface area (Å²) in [7, 11) is 0. The van der Waals surface area contributed by atoms with Crippen LogP contribution in [0, 0.1) is 11.8 Å². The van der Waals surface area contributed by atoms with E-state index in [1.54, 1.807) is 17.1 Å². The summed E-state index contributed by atoms with van der Waals surface area (Å²) in [5, 5.41) is 16.0. The molecule has 2 unspecified atom stereocenters. The first-order valence-corrected chi connectivity index (χ1v) is 7.05. The first-order valence-electron chi connectivity index (χ1n) is 7.05. The Morgan fingerprint density at radius 3 is 2.70 bits per heavy atom. The maximum Gasteiger partial charge on any atom is 0.306 e. The molecule has 1 aromatic rings. The van der Waals surface area contributed by atoms with E-state index in [9.17, 15) is 9.59 Å². The minimum atomic E-state index is -0.796. The standard InChI is InChI=1S/C14H21N3O3/c1-9(2)17-8-12(7-15-17)16-13(18)10-4-3-5-11(6-10)14(19)20/h7-11H,3-6H2,1-2H3,(H,16,18)(H,19,20). The molecule has 2 N–H and O–H groups in total. The van der Waals surface area contributed by atoms with E-state index in [0.29, 0.717) is 18.5 Å². The highest BCUT2D eigenvalue weighted by molar-refractivity contribution is 5.92. The predicted octanol–water partition coefficient (Wildman–Crippen LogP) is 2.29. The van der Waals surface area contributed by atoms with Gasteiger partial charge in [-0.25, -0.2) is 0 Å². The average Bonchev–Trinajstić information content (AvgIpc) is 2.87. The molecule has 20 heavy (non-hydrogen) atoms. The number of aromatic nitrogens is 2. The van der Waals surface area contributed by atoms with E-state index in [0.717, 1.165) is 12.8 Å². The lowest BCUT2D eigenvalue weighted by Crippen LogP contribution is -2.30. The van der Waals surface area contributed by atoms with Crippen LogP contribution < -0.4 is 5.32 Å². The zero-order valence-electron chi connectivity index (χ0n) is 11.9. The molecule has 2 atom stereocenters. The summed E-state index contributed by atoms with van der Waals surface area (Å²) in [6.45, 7) is 4.02. The lowest BCUT2D eigenvalue weighted by atomic mass is 9.81. The van der Waals surface area contributed by atoms with E-state index in [1.807, 2.05) is 13.8 Å². The van der Waals surface area contributed by atoms with Crippen LogP contribution in [0.4, 0.5) is 5.69 Å². The number of amides is 1. The molecule has 0 aromatic carbocycles. The highest BCUT2D eigenvalue weighted by Gasteiger charge is 2.31. The van der Waals surface area contributed by atoms with Gasteiger partial charge in [0.05, 0.1) is 17.8 Å². The molecule has 1 aliphatic rings. The van der Waals surface area contributed by atoms with Crippen LogP contribution in [0.2, 0.25) is 0 Å². The molecule has 0 spiro atoms. The largest absolute Gasteiger partial charge is 0.481 e. The summed E-state index contributed by atoms with van der Waals surface area (Å²) < 4.78 is 1.77. The Morgan fingerprint density at radius 1 is 1.40 bits per heavy atom. The van der Waals surface area contributed by atoms with E-state index >= 15 is 0 Å². The summed E-state index contributed by atoms with van der Waals surface area (Å²) >= 11 is 0. The van der Waals surface area contributed by atoms with Crippen molar-refractivity contribution in [3.05, 3.63) is 12.4 Å². The number of hydrogen-bond donors (Lipinski definition) is 2. The Balaban J connectivity index is 1.95. The van der Waals surface area contributed by atoms with E-state index in [2.05, 4.69) is 10.4 Å². The fraction of sp³-hybridized carbons (Fsp3) is 0.643. The van der Waals surface area contributed by atoms with Crippen molar-refractivity contribution in [3.8, 4) is 0 Å². The van der Waals surface area contributed by atoms with Crippen molar-refractivity contribution in [1.29, 1.82) is 0 Å². The number of carboxylic acid groups (broad SMARTS) is 1. The predicted molar refractivity (Wildman–Crippen MR) is 74.3 cm³/mol. The summed E-state index contributed by atoms with van der Waals surface area (Å²) in [4.78, 5) is 23.2. The topological polar surface area (TPSA) is 84.2 Å². The second-order valence-corrected chi connectivity index (χ2v) is 5.69. The fourth-order valence-corrected chi connectivity index (χ4v) is 2.58. The number of nitrogens with one attached hydrogen (secondary N) is 1. The molecule has 1 aliphatic carbocycles. The van der Waals surface area contributed by atoms with Gasteiger partial charge < -0.3 is 10.4 Å². The van der Waals surface area contributed by atoms with Crippen molar-refractivity contribution in [3.63, 3.8) is 0 Å². The van der Waals surface area contributed by atoms with Gasteiger partial charge in [-0.1, -0.05) is 6.42 Å².